The molecule has 0 aromatic heterocycles. The van der Waals surface area contributed by atoms with Gasteiger partial charge in [0.05, 0.1) is 19.1 Å². The molecule has 0 amide bonds. The van der Waals surface area contributed by atoms with Gasteiger partial charge in [-0.2, -0.15) is 0 Å². The van der Waals surface area contributed by atoms with Crippen LogP contribution in [0, 0.1) is 0 Å². The predicted molar refractivity (Wildman–Crippen MR) is 70.0 cm³/mol. The normalized spacial score (nSPS) is 19.8. The van der Waals surface area contributed by atoms with Crippen molar-refractivity contribution in [2.75, 3.05) is 13.7 Å². The molecule has 102 valence electrons. The molecule has 1 aromatic carbocycles. The molecule has 0 radical (unpaired) electrons. The highest BCUT2D eigenvalue weighted by atomic mass is 16.5. The zero-order valence-corrected chi connectivity index (χ0v) is 11.1. The molecule has 0 saturated heterocycles. The number of rotatable bonds is 3. The Morgan fingerprint density at radius 3 is 2.74 bits per heavy atom. The minimum absolute atomic E-state index is 0.669. The van der Waals surface area contributed by atoms with Crippen molar-refractivity contribution in [3.05, 3.63) is 23.3 Å². The summed E-state index contributed by atoms with van der Waals surface area (Å²) in [5.74, 6) is 0.762. The maximum absolute atomic E-state index is 11.8. The van der Waals surface area contributed by atoms with Gasteiger partial charge in [-0.3, -0.25) is 4.79 Å². The first-order chi connectivity index (χ1) is 9.17. The van der Waals surface area contributed by atoms with E-state index in [1.165, 1.54) is 0 Å². The van der Waals surface area contributed by atoms with Gasteiger partial charge in [-0.05, 0) is 25.0 Å². The van der Waals surface area contributed by atoms with E-state index in [0.717, 1.165) is 36.1 Å². The van der Waals surface area contributed by atoms with Crippen LogP contribution in [0.5, 0.6) is 11.5 Å². The molecule has 4 nitrogen and oxygen atoms in total. The fourth-order valence-electron chi connectivity index (χ4n) is 3.32. The fourth-order valence-corrected chi connectivity index (χ4v) is 3.32. The topological polar surface area (TPSA) is 55.8 Å². The third-order valence-corrected chi connectivity index (χ3v) is 4.39. The molecule has 0 unspecified atom stereocenters. The molecule has 1 N–H and O–H groups in total. The van der Waals surface area contributed by atoms with Gasteiger partial charge >= 0.3 is 5.97 Å². The molecule has 1 aliphatic heterocycles. The van der Waals surface area contributed by atoms with Crippen molar-refractivity contribution in [1.82, 2.24) is 0 Å². The Morgan fingerprint density at radius 1 is 1.37 bits per heavy atom. The number of fused-ring (bicyclic) bond motifs is 1. The summed E-state index contributed by atoms with van der Waals surface area (Å²) >= 11 is 0. The van der Waals surface area contributed by atoms with Gasteiger partial charge in [0.25, 0.3) is 0 Å². The summed E-state index contributed by atoms with van der Waals surface area (Å²) in [6, 6.07) is 3.83. The lowest BCUT2D eigenvalue weighted by atomic mass is 9.78. The molecular formula is C15H18O4. The number of carboxylic acids is 1. The predicted octanol–water partition coefficient (Wildman–Crippen LogP) is 2.53. The zero-order valence-electron chi connectivity index (χ0n) is 11.1. The van der Waals surface area contributed by atoms with Crippen LogP contribution < -0.4 is 9.47 Å². The molecule has 4 heteroatoms. The Hall–Kier alpha value is -1.71. The highest BCUT2D eigenvalue weighted by molar-refractivity contribution is 5.83. The van der Waals surface area contributed by atoms with E-state index in [4.69, 9.17) is 9.47 Å². The molecule has 1 heterocycles. The first-order valence-corrected chi connectivity index (χ1v) is 6.75. The van der Waals surface area contributed by atoms with Crippen LogP contribution in [0.4, 0.5) is 0 Å². The minimum Gasteiger partial charge on any atom is -0.496 e. The van der Waals surface area contributed by atoms with E-state index in [-0.39, 0.29) is 0 Å². The lowest BCUT2D eigenvalue weighted by Gasteiger charge is -2.26. The molecule has 1 aliphatic carbocycles. The second kappa shape index (κ2) is 4.44. The van der Waals surface area contributed by atoms with Crippen LogP contribution in [-0.4, -0.2) is 24.8 Å². The van der Waals surface area contributed by atoms with Crippen molar-refractivity contribution in [2.45, 2.75) is 37.5 Å². The van der Waals surface area contributed by atoms with Crippen molar-refractivity contribution in [1.29, 1.82) is 0 Å². The highest BCUT2D eigenvalue weighted by Crippen LogP contribution is 2.47. The Kier molecular flexibility index (Phi) is 2.88. The summed E-state index contributed by atoms with van der Waals surface area (Å²) in [6.45, 7) is 0.669. The Labute approximate surface area is 112 Å². The lowest BCUT2D eigenvalue weighted by Crippen LogP contribution is -2.33. The molecule has 0 spiro atoms. The lowest BCUT2D eigenvalue weighted by molar-refractivity contribution is -0.143. The average Bonchev–Trinajstić information content (AvgIpc) is 3.06. The summed E-state index contributed by atoms with van der Waals surface area (Å²) in [5.41, 5.74) is 1.09. The first kappa shape index (κ1) is 12.3. The van der Waals surface area contributed by atoms with Crippen molar-refractivity contribution in [3.63, 3.8) is 0 Å². The SMILES string of the molecule is COc1cc2c(cc1C1(C(=O)O)CCCC1)OCC2. The van der Waals surface area contributed by atoms with Gasteiger partial charge < -0.3 is 14.6 Å². The van der Waals surface area contributed by atoms with E-state index in [1.54, 1.807) is 7.11 Å². The van der Waals surface area contributed by atoms with E-state index in [0.29, 0.717) is 25.2 Å². The molecule has 1 aromatic rings. The number of hydrogen-bond donors (Lipinski definition) is 1. The minimum atomic E-state index is -0.799. The van der Waals surface area contributed by atoms with E-state index in [1.807, 2.05) is 12.1 Å². The average molecular weight is 262 g/mol. The molecule has 3 rings (SSSR count). The van der Waals surface area contributed by atoms with Crippen LogP contribution >= 0.6 is 0 Å². The summed E-state index contributed by atoms with van der Waals surface area (Å²) < 4.78 is 11.0. The fraction of sp³-hybridized carbons (Fsp3) is 0.533. The zero-order chi connectivity index (χ0) is 13.5. The van der Waals surface area contributed by atoms with E-state index >= 15 is 0 Å². The molecule has 1 saturated carbocycles. The highest BCUT2D eigenvalue weighted by Gasteiger charge is 2.45. The van der Waals surface area contributed by atoms with Gasteiger partial charge in [-0.15, -0.1) is 0 Å². The number of methoxy groups -OCH3 is 1. The van der Waals surface area contributed by atoms with Crippen molar-refractivity contribution >= 4 is 5.97 Å². The molecule has 19 heavy (non-hydrogen) atoms. The number of carbonyl (C=O) groups is 1. The Balaban J connectivity index is 2.15. The Morgan fingerprint density at radius 2 is 2.11 bits per heavy atom. The van der Waals surface area contributed by atoms with Crippen LogP contribution in [0.3, 0.4) is 0 Å². The van der Waals surface area contributed by atoms with E-state index < -0.39 is 11.4 Å². The molecule has 1 fully saturated rings. The van der Waals surface area contributed by atoms with Gasteiger partial charge in [0.1, 0.15) is 11.5 Å². The largest absolute Gasteiger partial charge is 0.496 e. The van der Waals surface area contributed by atoms with Crippen molar-refractivity contribution < 1.29 is 19.4 Å². The molecule has 0 bridgehead atoms. The van der Waals surface area contributed by atoms with Crippen LogP contribution in [0.15, 0.2) is 12.1 Å². The Bertz CT molecular complexity index is 515. The van der Waals surface area contributed by atoms with E-state index in [9.17, 15) is 9.90 Å². The quantitative estimate of drug-likeness (QED) is 0.909. The molecular weight excluding hydrogens is 244 g/mol. The maximum Gasteiger partial charge on any atom is 0.314 e. The first-order valence-electron chi connectivity index (χ1n) is 6.75. The number of ether oxygens (including phenoxy) is 2. The van der Waals surface area contributed by atoms with Crippen LogP contribution in [0.25, 0.3) is 0 Å². The summed E-state index contributed by atoms with van der Waals surface area (Å²) in [6.07, 6.45) is 4.13. The number of hydrogen-bond acceptors (Lipinski definition) is 3. The number of aliphatic carboxylic acids is 1. The maximum atomic E-state index is 11.8. The second-order valence-corrected chi connectivity index (χ2v) is 5.35. The van der Waals surface area contributed by atoms with Gasteiger partial charge in [-0.25, -0.2) is 0 Å². The smallest absolute Gasteiger partial charge is 0.314 e. The number of benzene rings is 1. The summed E-state index contributed by atoms with van der Waals surface area (Å²) in [4.78, 5) is 11.8. The third kappa shape index (κ3) is 1.78. The standard InChI is InChI=1S/C15H18O4/c1-18-13-8-10-4-7-19-12(10)9-11(13)15(14(16)17)5-2-3-6-15/h8-9H,2-7H2,1H3,(H,16,17). The van der Waals surface area contributed by atoms with Crippen LogP contribution in [-0.2, 0) is 16.6 Å². The van der Waals surface area contributed by atoms with Crippen molar-refractivity contribution in [3.8, 4) is 11.5 Å². The van der Waals surface area contributed by atoms with Crippen molar-refractivity contribution in [2.24, 2.45) is 0 Å². The van der Waals surface area contributed by atoms with Crippen LogP contribution in [0.2, 0.25) is 0 Å². The summed E-state index contributed by atoms with van der Waals surface area (Å²) in [5, 5.41) is 9.69. The van der Waals surface area contributed by atoms with Crippen LogP contribution in [0.1, 0.15) is 36.8 Å². The van der Waals surface area contributed by atoms with Gasteiger partial charge in [0.15, 0.2) is 0 Å². The van der Waals surface area contributed by atoms with Gasteiger partial charge in [0, 0.05) is 17.5 Å². The third-order valence-electron chi connectivity index (χ3n) is 4.39. The molecule has 2 aliphatic rings. The number of carboxylic acid groups (broad SMARTS) is 1. The van der Waals surface area contributed by atoms with Gasteiger partial charge in [-0.1, -0.05) is 12.8 Å². The monoisotopic (exact) mass is 262 g/mol. The molecule has 0 atom stereocenters. The van der Waals surface area contributed by atoms with E-state index in [2.05, 4.69) is 0 Å². The second-order valence-electron chi connectivity index (χ2n) is 5.35. The van der Waals surface area contributed by atoms with Gasteiger partial charge in [0.2, 0.25) is 0 Å². The summed E-state index contributed by atoms with van der Waals surface area (Å²) in [7, 11) is 1.60.